The summed E-state index contributed by atoms with van der Waals surface area (Å²) >= 11 is 0. The Morgan fingerprint density at radius 2 is 1.67 bits per heavy atom. The number of amides is 4. The van der Waals surface area contributed by atoms with Gasteiger partial charge in [0.05, 0.1) is 18.9 Å². The third-order valence-corrected chi connectivity index (χ3v) is 4.35. The van der Waals surface area contributed by atoms with Crippen molar-refractivity contribution in [1.82, 2.24) is 25.9 Å². The molecule has 0 aromatic carbocycles. The number of primary amides is 1. The summed E-state index contributed by atoms with van der Waals surface area (Å²) in [5.41, 5.74) is 11.5. The molecule has 0 saturated carbocycles. The summed E-state index contributed by atoms with van der Waals surface area (Å²) in [6.07, 6.45) is 1.75. The van der Waals surface area contributed by atoms with Crippen molar-refractivity contribution in [3.8, 4) is 0 Å². The summed E-state index contributed by atoms with van der Waals surface area (Å²) in [6, 6.07) is -3.74. The minimum absolute atomic E-state index is 0.102. The van der Waals surface area contributed by atoms with Crippen LogP contribution in [0.3, 0.4) is 0 Å². The number of aromatic amines is 1. The first-order chi connectivity index (χ1) is 15.5. The molecule has 0 spiro atoms. The molecular weight excluding hydrogens is 442 g/mol. The number of aromatic nitrogens is 2. The van der Waals surface area contributed by atoms with E-state index in [1.54, 1.807) is 0 Å². The molecule has 3 atom stereocenters. The highest BCUT2D eigenvalue weighted by Crippen LogP contribution is 2.02. The number of hydrogen-bond acceptors (Lipinski definition) is 8. The molecule has 0 aliphatic carbocycles. The molecule has 0 bridgehead atoms. The third kappa shape index (κ3) is 10.7. The van der Waals surface area contributed by atoms with E-state index in [0.29, 0.717) is 5.69 Å². The van der Waals surface area contributed by atoms with Crippen molar-refractivity contribution < 1.29 is 39.0 Å². The monoisotopic (exact) mass is 469 g/mol. The summed E-state index contributed by atoms with van der Waals surface area (Å²) in [5.74, 6) is -5.80. The van der Waals surface area contributed by atoms with Gasteiger partial charge in [-0.05, 0) is 12.8 Å². The number of carbonyl (C=O) groups excluding carboxylic acids is 4. The van der Waals surface area contributed by atoms with E-state index < -0.39 is 66.7 Å². The average Bonchev–Trinajstić information content (AvgIpc) is 3.24. The Morgan fingerprint density at radius 3 is 2.21 bits per heavy atom. The van der Waals surface area contributed by atoms with Gasteiger partial charge >= 0.3 is 11.9 Å². The zero-order valence-corrected chi connectivity index (χ0v) is 17.6. The Bertz CT molecular complexity index is 858. The van der Waals surface area contributed by atoms with Crippen molar-refractivity contribution in [2.75, 3.05) is 6.54 Å². The summed E-state index contributed by atoms with van der Waals surface area (Å²) < 4.78 is 0. The van der Waals surface area contributed by atoms with Gasteiger partial charge in [-0.1, -0.05) is 0 Å². The second kappa shape index (κ2) is 13.4. The first-order valence-electron chi connectivity index (χ1n) is 9.82. The van der Waals surface area contributed by atoms with Crippen molar-refractivity contribution in [1.29, 1.82) is 0 Å². The van der Waals surface area contributed by atoms with Gasteiger partial charge in [-0.3, -0.25) is 24.0 Å². The molecule has 1 aromatic heterocycles. The summed E-state index contributed by atoms with van der Waals surface area (Å²) in [4.78, 5) is 76.2. The molecule has 0 fully saturated rings. The maximum Gasteiger partial charge on any atom is 0.326 e. The van der Waals surface area contributed by atoms with E-state index in [0.717, 1.165) is 0 Å². The van der Waals surface area contributed by atoms with Gasteiger partial charge in [0.1, 0.15) is 12.1 Å². The number of hydrogen-bond donors (Lipinski definition) is 8. The molecule has 15 heteroatoms. The van der Waals surface area contributed by atoms with Crippen LogP contribution in [0.5, 0.6) is 0 Å². The number of H-pyrrole nitrogens is 1. The molecular formula is C18H27N7O8. The van der Waals surface area contributed by atoms with Crippen molar-refractivity contribution in [2.24, 2.45) is 11.5 Å². The average molecular weight is 469 g/mol. The highest BCUT2D eigenvalue weighted by Gasteiger charge is 2.26. The van der Waals surface area contributed by atoms with Crippen LogP contribution in [-0.4, -0.2) is 80.4 Å². The van der Waals surface area contributed by atoms with Gasteiger partial charge in [0.25, 0.3) is 0 Å². The molecule has 0 aliphatic rings. The number of aliphatic carboxylic acids is 2. The summed E-state index contributed by atoms with van der Waals surface area (Å²) in [5, 5.41) is 24.4. The summed E-state index contributed by atoms with van der Waals surface area (Å²) in [6.45, 7) is -0.654. The molecule has 10 N–H and O–H groups in total. The first kappa shape index (κ1) is 27.0. The van der Waals surface area contributed by atoms with Crippen LogP contribution in [0.4, 0.5) is 0 Å². The van der Waals surface area contributed by atoms with Crippen molar-refractivity contribution in [2.45, 2.75) is 50.2 Å². The minimum atomic E-state index is -1.46. The van der Waals surface area contributed by atoms with E-state index >= 15 is 0 Å². The maximum absolute atomic E-state index is 12.5. The lowest BCUT2D eigenvalue weighted by atomic mass is 10.1. The lowest BCUT2D eigenvalue weighted by Crippen LogP contribution is -2.54. The molecule has 3 unspecified atom stereocenters. The summed E-state index contributed by atoms with van der Waals surface area (Å²) in [7, 11) is 0. The number of nitrogens with zero attached hydrogens (tertiary/aromatic N) is 1. The molecule has 182 valence electrons. The number of carboxylic acid groups (broad SMARTS) is 2. The number of imidazole rings is 1. The van der Waals surface area contributed by atoms with E-state index in [9.17, 15) is 28.8 Å². The van der Waals surface area contributed by atoms with Crippen LogP contribution in [0.2, 0.25) is 0 Å². The normalized spacial score (nSPS) is 13.2. The number of carbonyl (C=O) groups is 6. The Balaban J connectivity index is 2.66. The molecule has 0 saturated heterocycles. The van der Waals surface area contributed by atoms with E-state index in [1.165, 1.54) is 12.5 Å². The fraction of sp³-hybridized carbons (Fsp3) is 0.500. The Morgan fingerprint density at radius 1 is 1.00 bits per heavy atom. The maximum atomic E-state index is 12.5. The zero-order chi connectivity index (χ0) is 25.0. The highest BCUT2D eigenvalue weighted by atomic mass is 16.4. The third-order valence-electron chi connectivity index (χ3n) is 4.35. The molecule has 0 radical (unpaired) electrons. The van der Waals surface area contributed by atoms with E-state index in [4.69, 9.17) is 21.7 Å². The van der Waals surface area contributed by atoms with Crippen molar-refractivity contribution >= 4 is 35.6 Å². The molecule has 4 amide bonds. The predicted molar refractivity (Wildman–Crippen MR) is 110 cm³/mol. The van der Waals surface area contributed by atoms with Gasteiger partial charge in [0.2, 0.25) is 23.6 Å². The fourth-order valence-corrected chi connectivity index (χ4v) is 2.62. The van der Waals surface area contributed by atoms with Gasteiger partial charge in [0.15, 0.2) is 0 Å². The molecule has 1 rings (SSSR count). The topological polar surface area (TPSA) is 260 Å². The standard InChI is InChI=1S/C18H27N7O8/c19-10(5-9-6-21-8-23-9)16(30)25-11(1-3-13(20)26)17(31)22-7-14(27)24-12(18(32)33)2-4-15(28)29/h6,8,10-12H,1-5,7,19H2,(H2,20,26)(H,21,23)(H,22,31)(H,24,27)(H,25,30)(H,28,29)(H,32,33). The predicted octanol–water partition coefficient (Wildman–Crippen LogP) is -3.42. The molecule has 0 aliphatic heterocycles. The van der Waals surface area contributed by atoms with Crippen LogP contribution < -0.4 is 27.4 Å². The largest absolute Gasteiger partial charge is 0.481 e. The Hall–Kier alpha value is -4.01. The minimum Gasteiger partial charge on any atom is -0.481 e. The Kier molecular flexibility index (Phi) is 11.0. The van der Waals surface area contributed by atoms with Crippen LogP contribution in [0, 0.1) is 0 Å². The van der Waals surface area contributed by atoms with Gasteiger partial charge in [-0.15, -0.1) is 0 Å². The lowest BCUT2D eigenvalue weighted by molar-refractivity contribution is -0.143. The quantitative estimate of drug-likeness (QED) is 0.126. The van der Waals surface area contributed by atoms with E-state index in [-0.39, 0.29) is 25.7 Å². The second-order valence-corrected chi connectivity index (χ2v) is 7.06. The van der Waals surface area contributed by atoms with Crippen LogP contribution in [-0.2, 0) is 35.2 Å². The van der Waals surface area contributed by atoms with Crippen LogP contribution >= 0.6 is 0 Å². The SMILES string of the molecule is NC(=O)CCC(NC(=O)C(N)Cc1cnc[nH]1)C(=O)NCC(=O)NC(CCC(=O)O)C(=O)O. The van der Waals surface area contributed by atoms with Crippen LogP contribution in [0.15, 0.2) is 12.5 Å². The number of nitrogens with one attached hydrogen (secondary N) is 4. The lowest BCUT2D eigenvalue weighted by Gasteiger charge is -2.20. The fourth-order valence-electron chi connectivity index (χ4n) is 2.62. The van der Waals surface area contributed by atoms with E-state index in [2.05, 4.69) is 25.9 Å². The van der Waals surface area contributed by atoms with E-state index in [1.807, 2.05) is 0 Å². The smallest absolute Gasteiger partial charge is 0.326 e. The van der Waals surface area contributed by atoms with Gasteiger partial charge < -0.3 is 42.6 Å². The van der Waals surface area contributed by atoms with Crippen LogP contribution in [0.1, 0.15) is 31.4 Å². The van der Waals surface area contributed by atoms with Crippen LogP contribution in [0.25, 0.3) is 0 Å². The van der Waals surface area contributed by atoms with Crippen molar-refractivity contribution in [3.63, 3.8) is 0 Å². The molecule has 1 heterocycles. The van der Waals surface area contributed by atoms with Crippen molar-refractivity contribution in [3.05, 3.63) is 18.2 Å². The number of rotatable bonds is 15. The molecule has 33 heavy (non-hydrogen) atoms. The molecule has 15 nitrogen and oxygen atoms in total. The number of carboxylic acids is 2. The van der Waals surface area contributed by atoms with Gasteiger partial charge in [0, 0.05) is 31.2 Å². The molecule has 1 aromatic rings. The Labute approximate surface area is 187 Å². The van der Waals surface area contributed by atoms with Gasteiger partial charge in [-0.2, -0.15) is 0 Å². The second-order valence-electron chi connectivity index (χ2n) is 7.06. The highest BCUT2D eigenvalue weighted by molar-refractivity contribution is 5.93. The zero-order valence-electron chi connectivity index (χ0n) is 17.6. The van der Waals surface area contributed by atoms with Gasteiger partial charge in [-0.25, -0.2) is 9.78 Å². The number of nitrogens with two attached hydrogens (primary N) is 2. The first-order valence-corrected chi connectivity index (χ1v) is 9.82.